The van der Waals surface area contributed by atoms with Crippen molar-refractivity contribution < 1.29 is 18.0 Å². The van der Waals surface area contributed by atoms with Gasteiger partial charge in [0.1, 0.15) is 5.82 Å². The number of aryl methyl sites for hydroxylation is 2. The molecule has 0 radical (unpaired) electrons. The highest BCUT2D eigenvalue weighted by atomic mass is 32.1. The Morgan fingerprint density at radius 2 is 2.12 bits per heavy atom. The average molecular weight is 374 g/mol. The third-order valence-electron chi connectivity index (χ3n) is 4.24. The molecule has 0 aliphatic carbocycles. The molecule has 2 aromatic rings. The second-order valence-electron chi connectivity index (χ2n) is 6.02. The van der Waals surface area contributed by atoms with Crippen molar-refractivity contribution in [3.8, 4) is 0 Å². The Kier molecular flexibility index (Phi) is 4.48. The Bertz CT molecular complexity index is 852. The number of nitrogens with zero attached hydrogens (tertiary/aromatic N) is 4. The Morgan fingerprint density at radius 1 is 1.40 bits per heavy atom. The number of alkyl halides is 3. The van der Waals surface area contributed by atoms with Gasteiger partial charge in [-0.15, -0.1) is 0 Å². The zero-order valence-corrected chi connectivity index (χ0v) is 14.5. The van der Waals surface area contributed by atoms with E-state index in [1.807, 2.05) is 0 Å². The fourth-order valence-electron chi connectivity index (χ4n) is 2.99. The fourth-order valence-corrected chi connectivity index (χ4v) is 3.76. The van der Waals surface area contributed by atoms with Crippen LogP contribution in [0.15, 0.2) is 16.2 Å². The van der Waals surface area contributed by atoms with Gasteiger partial charge in [-0.2, -0.15) is 18.3 Å². The first kappa shape index (κ1) is 17.7. The van der Waals surface area contributed by atoms with Crippen LogP contribution in [0.25, 0.3) is 0 Å². The van der Waals surface area contributed by atoms with Gasteiger partial charge in [-0.1, -0.05) is 11.3 Å². The van der Waals surface area contributed by atoms with Crippen molar-refractivity contribution in [1.82, 2.24) is 14.3 Å². The van der Waals surface area contributed by atoms with E-state index < -0.39 is 12.2 Å². The number of carbonyl (C=O) groups is 1. The van der Waals surface area contributed by atoms with E-state index in [2.05, 4.69) is 5.10 Å². The van der Waals surface area contributed by atoms with E-state index in [9.17, 15) is 22.8 Å². The third-order valence-corrected chi connectivity index (χ3v) is 5.12. The van der Waals surface area contributed by atoms with Crippen LogP contribution >= 0.6 is 11.3 Å². The number of amides is 1. The average Bonchev–Trinajstić information content (AvgIpc) is 3.05. The first-order valence-electron chi connectivity index (χ1n) is 7.76. The first-order valence-corrected chi connectivity index (χ1v) is 8.64. The SMILES string of the molecule is Cc1cc2n(n1)C(C(F)(F)F)CCN2C(=O)CCn1c(C)csc1=O. The van der Waals surface area contributed by atoms with Gasteiger partial charge in [0.05, 0.1) is 5.69 Å². The molecular formula is C15H17F3N4O2S. The van der Waals surface area contributed by atoms with Crippen LogP contribution in [0.5, 0.6) is 0 Å². The molecule has 3 heterocycles. The number of halogens is 3. The molecule has 1 amide bonds. The molecule has 1 unspecified atom stereocenters. The molecule has 0 bridgehead atoms. The molecule has 1 aliphatic rings. The highest BCUT2D eigenvalue weighted by molar-refractivity contribution is 7.07. The molecule has 0 spiro atoms. The first-order chi connectivity index (χ1) is 11.7. The quantitative estimate of drug-likeness (QED) is 0.830. The van der Waals surface area contributed by atoms with E-state index in [1.54, 1.807) is 19.2 Å². The van der Waals surface area contributed by atoms with Gasteiger partial charge >= 0.3 is 11.0 Å². The maximum absolute atomic E-state index is 13.2. The number of carbonyl (C=O) groups excluding carboxylic acids is 1. The van der Waals surface area contributed by atoms with Crippen LogP contribution < -0.4 is 9.77 Å². The van der Waals surface area contributed by atoms with Crippen molar-refractivity contribution in [1.29, 1.82) is 0 Å². The van der Waals surface area contributed by atoms with Crippen molar-refractivity contribution in [2.45, 2.75) is 45.5 Å². The molecule has 10 heteroatoms. The number of hydrogen-bond donors (Lipinski definition) is 0. The Hall–Kier alpha value is -2.10. The Balaban J connectivity index is 1.80. The highest BCUT2D eigenvalue weighted by Gasteiger charge is 2.46. The molecule has 0 fully saturated rings. The second-order valence-corrected chi connectivity index (χ2v) is 6.85. The summed E-state index contributed by atoms with van der Waals surface area (Å²) in [7, 11) is 0. The largest absolute Gasteiger partial charge is 0.410 e. The predicted molar refractivity (Wildman–Crippen MR) is 87.0 cm³/mol. The fraction of sp³-hybridized carbons (Fsp3) is 0.533. The van der Waals surface area contributed by atoms with Crippen LogP contribution in [0.4, 0.5) is 19.0 Å². The number of anilines is 1. The van der Waals surface area contributed by atoms with Gasteiger partial charge in [0, 0.05) is 36.7 Å². The molecule has 0 N–H and O–H groups in total. The lowest BCUT2D eigenvalue weighted by molar-refractivity contribution is -0.173. The molecule has 1 atom stereocenters. The Morgan fingerprint density at radius 3 is 2.72 bits per heavy atom. The van der Waals surface area contributed by atoms with E-state index in [-0.39, 0.29) is 42.5 Å². The van der Waals surface area contributed by atoms with Crippen LogP contribution in [0, 0.1) is 13.8 Å². The summed E-state index contributed by atoms with van der Waals surface area (Å²) in [6.45, 7) is 3.55. The smallest absolute Gasteiger partial charge is 0.303 e. The third kappa shape index (κ3) is 3.35. The summed E-state index contributed by atoms with van der Waals surface area (Å²) in [6.07, 6.45) is -4.61. The predicted octanol–water partition coefficient (Wildman–Crippen LogP) is 2.65. The van der Waals surface area contributed by atoms with Gasteiger partial charge in [-0.25, -0.2) is 4.68 Å². The van der Waals surface area contributed by atoms with E-state index in [4.69, 9.17) is 0 Å². The lowest BCUT2D eigenvalue weighted by atomic mass is 10.1. The van der Waals surface area contributed by atoms with Gasteiger partial charge < -0.3 is 4.57 Å². The summed E-state index contributed by atoms with van der Waals surface area (Å²) in [6, 6.07) is -0.236. The number of fused-ring (bicyclic) bond motifs is 1. The van der Waals surface area contributed by atoms with Crippen LogP contribution in [-0.2, 0) is 11.3 Å². The van der Waals surface area contributed by atoms with Gasteiger partial charge in [0.25, 0.3) is 0 Å². The number of aromatic nitrogens is 3. The number of hydrogen-bond acceptors (Lipinski definition) is 4. The molecule has 0 saturated carbocycles. The monoisotopic (exact) mass is 374 g/mol. The molecule has 1 aliphatic heterocycles. The molecule has 0 saturated heterocycles. The molecule has 25 heavy (non-hydrogen) atoms. The minimum atomic E-state index is -4.41. The molecule has 3 rings (SSSR count). The summed E-state index contributed by atoms with van der Waals surface area (Å²) in [5, 5.41) is 5.63. The minimum absolute atomic E-state index is 0.0222. The topological polar surface area (TPSA) is 60.1 Å². The lowest BCUT2D eigenvalue weighted by Crippen LogP contribution is -2.43. The zero-order chi connectivity index (χ0) is 18.4. The number of rotatable bonds is 3. The Labute approximate surface area is 145 Å². The number of thiazole rings is 1. The summed E-state index contributed by atoms with van der Waals surface area (Å²) in [5.74, 6) is -0.162. The molecule has 0 aromatic carbocycles. The van der Waals surface area contributed by atoms with E-state index in [1.165, 1.54) is 15.5 Å². The molecule has 6 nitrogen and oxygen atoms in total. The summed E-state index contributed by atoms with van der Waals surface area (Å²) >= 11 is 1.06. The van der Waals surface area contributed by atoms with E-state index in [0.29, 0.717) is 5.69 Å². The van der Waals surface area contributed by atoms with Crippen LogP contribution in [0.2, 0.25) is 0 Å². The maximum Gasteiger partial charge on any atom is 0.410 e. The summed E-state index contributed by atoms with van der Waals surface area (Å²) in [4.78, 5) is 25.4. The van der Waals surface area contributed by atoms with Gasteiger partial charge in [-0.05, 0) is 20.3 Å². The minimum Gasteiger partial charge on any atom is -0.303 e. The van der Waals surface area contributed by atoms with Crippen molar-refractivity contribution in [2.24, 2.45) is 0 Å². The lowest BCUT2D eigenvalue weighted by Gasteiger charge is -2.33. The standard InChI is InChI=1S/C15H17F3N4O2S/c1-9-7-12-21(5-3-11(15(16,17)18)22(12)19-9)13(23)4-6-20-10(2)8-25-14(20)24/h7-8,11H,3-6H2,1-2H3. The molecular weight excluding hydrogens is 357 g/mol. The van der Waals surface area contributed by atoms with Crippen molar-refractivity contribution in [2.75, 3.05) is 11.4 Å². The zero-order valence-electron chi connectivity index (χ0n) is 13.7. The van der Waals surface area contributed by atoms with Crippen molar-refractivity contribution in [3.05, 3.63) is 32.5 Å². The maximum atomic E-state index is 13.2. The highest BCUT2D eigenvalue weighted by Crippen LogP contribution is 2.39. The van der Waals surface area contributed by atoms with Crippen molar-refractivity contribution >= 4 is 23.1 Å². The van der Waals surface area contributed by atoms with Gasteiger partial charge in [-0.3, -0.25) is 14.5 Å². The summed E-state index contributed by atoms with van der Waals surface area (Å²) in [5.41, 5.74) is 1.19. The van der Waals surface area contributed by atoms with Gasteiger partial charge in [0.15, 0.2) is 6.04 Å². The molecule has 136 valence electrons. The van der Waals surface area contributed by atoms with Crippen LogP contribution in [0.1, 0.15) is 30.3 Å². The second kappa shape index (κ2) is 6.32. The van der Waals surface area contributed by atoms with Crippen molar-refractivity contribution in [3.63, 3.8) is 0 Å². The van der Waals surface area contributed by atoms with Gasteiger partial charge in [0.2, 0.25) is 5.91 Å². The summed E-state index contributed by atoms with van der Waals surface area (Å²) < 4.78 is 41.9. The van der Waals surface area contributed by atoms with Crippen LogP contribution in [0.3, 0.4) is 0 Å². The van der Waals surface area contributed by atoms with E-state index in [0.717, 1.165) is 21.7 Å². The van der Waals surface area contributed by atoms with Crippen LogP contribution in [-0.4, -0.2) is 33.0 Å². The molecule has 2 aromatic heterocycles. The normalized spacial score (nSPS) is 17.6. The van der Waals surface area contributed by atoms with E-state index >= 15 is 0 Å².